The van der Waals surface area contributed by atoms with Crippen molar-refractivity contribution in [1.82, 2.24) is 0 Å². The molecule has 0 amide bonds. The van der Waals surface area contributed by atoms with Gasteiger partial charge in [0.1, 0.15) is 0 Å². The summed E-state index contributed by atoms with van der Waals surface area (Å²) in [7, 11) is 0. The van der Waals surface area contributed by atoms with E-state index in [1.54, 1.807) is 12.1 Å². The van der Waals surface area contributed by atoms with E-state index in [1.165, 1.54) is 0 Å². The van der Waals surface area contributed by atoms with Crippen molar-refractivity contribution in [1.29, 1.82) is 0 Å². The molecule has 0 fully saturated rings. The number of allylic oxidation sites excluding steroid dienone is 4. The molecule has 0 bridgehead atoms. The van der Waals surface area contributed by atoms with Gasteiger partial charge in [-0.3, -0.25) is 19.7 Å². The molecular weight excluding hydrogens is 450 g/mol. The molecule has 0 aromatic heterocycles. The van der Waals surface area contributed by atoms with Crippen LogP contribution in [0.2, 0.25) is 0 Å². The van der Waals surface area contributed by atoms with Crippen LogP contribution in [-0.4, -0.2) is 16.5 Å². The van der Waals surface area contributed by atoms with Crippen LogP contribution in [0.3, 0.4) is 0 Å². The molecule has 0 radical (unpaired) electrons. The number of Topliss-reactive ketones (excluding diaryl/α,β-unsaturated/α-hetero) is 2. The highest BCUT2D eigenvalue weighted by atomic mass is 79.9. The summed E-state index contributed by atoms with van der Waals surface area (Å²) in [5.74, 6) is -0.0694. The van der Waals surface area contributed by atoms with Gasteiger partial charge in [-0.1, -0.05) is 33.8 Å². The third-order valence-corrected chi connectivity index (χ3v) is 6.78. The number of nitrogens with zero attached hydrogens (tertiary/aromatic N) is 1. The summed E-state index contributed by atoms with van der Waals surface area (Å²) in [5, 5.41) is 11.6. The van der Waals surface area contributed by atoms with E-state index < -0.39 is 4.92 Å². The summed E-state index contributed by atoms with van der Waals surface area (Å²) >= 11 is 3.25. The molecule has 4 rings (SSSR count). The highest BCUT2D eigenvalue weighted by molar-refractivity contribution is 9.10. The molecule has 0 saturated heterocycles. The number of benzene rings is 1. The summed E-state index contributed by atoms with van der Waals surface area (Å²) in [6.45, 7) is 8.15. The Kier molecular flexibility index (Phi) is 4.80. The van der Waals surface area contributed by atoms with Gasteiger partial charge in [0, 0.05) is 24.8 Å². The molecule has 1 aliphatic heterocycles. The Balaban J connectivity index is 1.95. The minimum Gasteiger partial charge on any atom is -0.450 e. The zero-order chi connectivity index (χ0) is 22.0. The Labute approximate surface area is 183 Å². The third kappa shape index (κ3) is 3.53. The molecule has 1 heterocycles. The summed E-state index contributed by atoms with van der Waals surface area (Å²) in [6.07, 6.45) is 1.96. The van der Waals surface area contributed by atoms with Crippen LogP contribution in [0.5, 0.6) is 0 Å². The maximum absolute atomic E-state index is 12.9. The topological polar surface area (TPSA) is 86.5 Å². The minimum absolute atomic E-state index is 0.0360. The summed E-state index contributed by atoms with van der Waals surface area (Å²) in [6, 6.07) is 5.04. The molecule has 0 saturated carbocycles. The first-order valence-electron chi connectivity index (χ1n) is 10.0. The number of carbonyl (C=O) groups excluding carboxylic acids is 2. The molecular formula is C23H24BrNO5. The zero-order valence-electron chi connectivity index (χ0n) is 17.5. The molecule has 2 aliphatic carbocycles. The Hall–Kier alpha value is -2.28. The van der Waals surface area contributed by atoms with Crippen LogP contribution in [0.4, 0.5) is 5.69 Å². The molecule has 30 heavy (non-hydrogen) atoms. The van der Waals surface area contributed by atoms with Crippen LogP contribution in [0.25, 0.3) is 0 Å². The van der Waals surface area contributed by atoms with E-state index in [9.17, 15) is 19.7 Å². The van der Waals surface area contributed by atoms with E-state index in [1.807, 2.05) is 33.8 Å². The minimum atomic E-state index is -0.427. The van der Waals surface area contributed by atoms with E-state index in [0.29, 0.717) is 35.7 Å². The number of ketones is 2. The lowest BCUT2D eigenvalue weighted by atomic mass is 9.64. The second-order valence-electron chi connectivity index (χ2n) is 10.1. The fraction of sp³-hybridized carbons (Fsp3) is 0.478. The summed E-state index contributed by atoms with van der Waals surface area (Å²) < 4.78 is 6.37. The number of nitro benzene ring substituents is 1. The van der Waals surface area contributed by atoms with E-state index >= 15 is 0 Å². The third-order valence-electron chi connectivity index (χ3n) is 6.11. The van der Waals surface area contributed by atoms with E-state index in [-0.39, 0.29) is 45.5 Å². The number of nitro groups is 1. The van der Waals surface area contributed by atoms with Crippen molar-refractivity contribution in [3.8, 4) is 0 Å². The molecule has 0 spiro atoms. The van der Waals surface area contributed by atoms with Crippen LogP contribution in [0, 0.1) is 20.9 Å². The SMILES string of the molecule is CC1(C)CC(=O)C2=C(C1)C(c1ccc(Br)c([N+](=O)[O-])c1)C1=C(O2)C(=O)CC(C)(C)C1. The number of hydrogen-bond donors (Lipinski definition) is 0. The van der Waals surface area contributed by atoms with Gasteiger partial charge in [-0.15, -0.1) is 0 Å². The van der Waals surface area contributed by atoms with Gasteiger partial charge < -0.3 is 4.74 Å². The molecule has 0 atom stereocenters. The fourth-order valence-electron chi connectivity index (χ4n) is 4.98. The van der Waals surface area contributed by atoms with Crippen molar-refractivity contribution in [2.45, 2.75) is 59.3 Å². The van der Waals surface area contributed by atoms with Crippen molar-refractivity contribution in [3.05, 3.63) is 61.0 Å². The zero-order valence-corrected chi connectivity index (χ0v) is 19.1. The highest BCUT2D eigenvalue weighted by Crippen LogP contribution is 2.54. The number of ether oxygens (including phenoxy) is 1. The molecule has 7 heteroatoms. The quantitative estimate of drug-likeness (QED) is 0.402. The predicted molar refractivity (Wildman–Crippen MR) is 115 cm³/mol. The summed E-state index contributed by atoms with van der Waals surface area (Å²) in [5.41, 5.74) is 1.85. The first kappa shape index (κ1) is 21.0. The number of hydrogen-bond acceptors (Lipinski definition) is 5. The van der Waals surface area contributed by atoms with Crippen molar-refractivity contribution >= 4 is 33.2 Å². The first-order chi connectivity index (χ1) is 13.9. The van der Waals surface area contributed by atoms with Crippen LogP contribution in [-0.2, 0) is 14.3 Å². The van der Waals surface area contributed by atoms with Crippen LogP contribution in [0.15, 0.2) is 45.3 Å². The standard InChI is InChI=1S/C23H24BrNO5/c1-22(2)8-13-19(12-5-6-15(24)16(7-12)25(28)29)14-9-23(3,4)11-18(27)21(14)30-20(13)17(26)10-22/h5-7,19H,8-11H2,1-4H3. The molecule has 158 valence electrons. The smallest absolute Gasteiger partial charge is 0.283 e. The molecule has 0 N–H and O–H groups in total. The molecule has 3 aliphatic rings. The van der Waals surface area contributed by atoms with Gasteiger partial charge in [0.15, 0.2) is 23.1 Å². The monoisotopic (exact) mass is 473 g/mol. The Morgan fingerprint density at radius 3 is 1.93 bits per heavy atom. The van der Waals surface area contributed by atoms with Gasteiger partial charge in [0.2, 0.25) is 0 Å². The van der Waals surface area contributed by atoms with Crippen molar-refractivity contribution in [2.24, 2.45) is 10.8 Å². The van der Waals surface area contributed by atoms with Crippen LogP contribution in [0.1, 0.15) is 64.9 Å². The average Bonchev–Trinajstić information content (AvgIpc) is 2.59. The van der Waals surface area contributed by atoms with Gasteiger partial charge in [0.25, 0.3) is 5.69 Å². The largest absolute Gasteiger partial charge is 0.450 e. The lowest BCUT2D eigenvalue weighted by molar-refractivity contribution is -0.385. The normalized spacial score (nSPS) is 23.1. The maximum atomic E-state index is 12.9. The van der Waals surface area contributed by atoms with E-state index in [0.717, 1.165) is 11.1 Å². The second-order valence-corrected chi connectivity index (χ2v) is 10.9. The van der Waals surface area contributed by atoms with Crippen LogP contribution >= 0.6 is 15.9 Å². The highest BCUT2D eigenvalue weighted by Gasteiger charge is 2.47. The fourth-order valence-corrected chi connectivity index (χ4v) is 5.37. The van der Waals surface area contributed by atoms with Crippen molar-refractivity contribution < 1.29 is 19.2 Å². The lowest BCUT2D eigenvalue weighted by Gasteiger charge is -2.43. The summed E-state index contributed by atoms with van der Waals surface area (Å²) in [4.78, 5) is 37.0. The second kappa shape index (κ2) is 6.87. The molecule has 0 unspecified atom stereocenters. The number of halogens is 1. The maximum Gasteiger partial charge on any atom is 0.283 e. The van der Waals surface area contributed by atoms with E-state index in [2.05, 4.69) is 15.9 Å². The molecule has 1 aromatic carbocycles. The van der Waals surface area contributed by atoms with E-state index in [4.69, 9.17) is 4.74 Å². The first-order valence-corrected chi connectivity index (χ1v) is 10.8. The Morgan fingerprint density at radius 1 is 0.967 bits per heavy atom. The Bertz CT molecular complexity index is 1010. The average molecular weight is 474 g/mol. The van der Waals surface area contributed by atoms with Gasteiger partial charge >= 0.3 is 0 Å². The number of carbonyl (C=O) groups is 2. The van der Waals surface area contributed by atoms with Gasteiger partial charge in [0.05, 0.1) is 9.40 Å². The number of rotatable bonds is 2. The van der Waals surface area contributed by atoms with Gasteiger partial charge in [-0.25, -0.2) is 0 Å². The van der Waals surface area contributed by atoms with Crippen molar-refractivity contribution in [2.75, 3.05) is 0 Å². The van der Waals surface area contributed by atoms with Gasteiger partial charge in [-0.2, -0.15) is 0 Å². The molecule has 6 nitrogen and oxygen atoms in total. The van der Waals surface area contributed by atoms with Crippen LogP contribution < -0.4 is 0 Å². The predicted octanol–water partition coefficient (Wildman–Crippen LogP) is 5.76. The van der Waals surface area contributed by atoms with Crippen molar-refractivity contribution in [3.63, 3.8) is 0 Å². The molecule has 1 aromatic rings. The lowest BCUT2D eigenvalue weighted by Crippen LogP contribution is -2.37. The Morgan fingerprint density at radius 2 is 1.47 bits per heavy atom. The van der Waals surface area contributed by atoms with Gasteiger partial charge in [-0.05, 0) is 62.4 Å².